The number of rotatable bonds is 3. The number of likely N-dealkylation sites (tertiary alicyclic amines) is 1. The predicted molar refractivity (Wildman–Crippen MR) is 75.9 cm³/mol. The van der Waals surface area contributed by atoms with Crippen molar-refractivity contribution in [1.29, 1.82) is 0 Å². The molecule has 1 amide bonds. The van der Waals surface area contributed by atoms with Gasteiger partial charge in [0.1, 0.15) is 0 Å². The lowest BCUT2D eigenvalue weighted by Gasteiger charge is -2.30. The number of halogens is 3. The highest BCUT2D eigenvalue weighted by molar-refractivity contribution is 7.10. The lowest BCUT2D eigenvalue weighted by Crippen LogP contribution is -2.38. The third-order valence-electron chi connectivity index (χ3n) is 3.79. The Labute approximate surface area is 134 Å². The van der Waals surface area contributed by atoms with Gasteiger partial charge in [-0.05, 0) is 24.3 Å². The first-order valence-corrected chi connectivity index (χ1v) is 8.02. The van der Waals surface area contributed by atoms with E-state index in [2.05, 4.69) is 10.2 Å². The van der Waals surface area contributed by atoms with Crippen molar-refractivity contribution in [1.82, 2.24) is 15.1 Å². The van der Waals surface area contributed by atoms with Gasteiger partial charge < -0.3 is 9.32 Å². The van der Waals surface area contributed by atoms with Crippen LogP contribution in [0, 0.1) is 0 Å². The fraction of sp³-hybridized carbons (Fsp3) is 0.500. The van der Waals surface area contributed by atoms with Crippen molar-refractivity contribution in [3.05, 3.63) is 34.2 Å². The molecule has 0 atom stereocenters. The minimum Gasteiger partial charge on any atom is -0.417 e. The first kappa shape index (κ1) is 16.0. The molecule has 0 bridgehead atoms. The maximum Gasteiger partial charge on any atom is 0.470 e. The molecule has 2 aromatic heterocycles. The fourth-order valence-corrected chi connectivity index (χ4v) is 3.26. The monoisotopic (exact) mass is 345 g/mol. The molecule has 5 nitrogen and oxygen atoms in total. The van der Waals surface area contributed by atoms with E-state index in [1.807, 2.05) is 17.5 Å². The quantitative estimate of drug-likeness (QED) is 0.858. The highest BCUT2D eigenvalue weighted by atomic mass is 32.1. The molecule has 1 saturated heterocycles. The highest BCUT2D eigenvalue weighted by Crippen LogP contribution is 2.32. The fourth-order valence-electron chi connectivity index (χ4n) is 2.56. The molecule has 1 fully saturated rings. The molecule has 1 aliphatic rings. The normalized spacial score (nSPS) is 16.7. The average Bonchev–Trinajstić information content (AvgIpc) is 3.18. The van der Waals surface area contributed by atoms with E-state index in [-0.39, 0.29) is 17.7 Å². The van der Waals surface area contributed by atoms with E-state index in [0.29, 0.717) is 32.4 Å². The zero-order valence-corrected chi connectivity index (χ0v) is 12.9. The van der Waals surface area contributed by atoms with Gasteiger partial charge in [0, 0.05) is 23.9 Å². The summed E-state index contributed by atoms with van der Waals surface area (Å²) in [6, 6.07) is 3.81. The first-order chi connectivity index (χ1) is 10.9. The lowest BCUT2D eigenvalue weighted by atomic mass is 9.96. The second kappa shape index (κ2) is 6.31. The van der Waals surface area contributed by atoms with Gasteiger partial charge in [-0.15, -0.1) is 21.5 Å². The Morgan fingerprint density at radius 2 is 2.09 bits per heavy atom. The topological polar surface area (TPSA) is 59.2 Å². The van der Waals surface area contributed by atoms with Gasteiger partial charge >= 0.3 is 12.1 Å². The van der Waals surface area contributed by atoms with Crippen molar-refractivity contribution in [2.75, 3.05) is 13.1 Å². The number of alkyl halides is 3. The summed E-state index contributed by atoms with van der Waals surface area (Å²) in [6.07, 6.45) is -3.21. The van der Waals surface area contributed by atoms with E-state index < -0.39 is 12.1 Å². The van der Waals surface area contributed by atoms with Crippen LogP contribution in [-0.2, 0) is 17.4 Å². The third kappa shape index (κ3) is 3.72. The van der Waals surface area contributed by atoms with Gasteiger partial charge in [-0.25, -0.2) is 0 Å². The Kier molecular flexibility index (Phi) is 4.38. The second-order valence-corrected chi connectivity index (χ2v) is 6.39. The van der Waals surface area contributed by atoms with E-state index in [0.717, 1.165) is 4.88 Å². The standard InChI is InChI=1S/C14H14F3N3O2S/c15-14(16,17)13-19-18-12(22-13)9-3-5-20(6-4-9)11(21)8-10-2-1-7-23-10/h1-2,7,9H,3-6,8H2. The van der Waals surface area contributed by atoms with Crippen molar-refractivity contribution in [2.45, 2.75) is 31.4 Å². The molecule has 23 heavy (non-hydrogen) atoms. The lowest BCUT2D eigenvalue weighted by molar-refractivity contribution is -0.157. The zero-order valence-electron chi connectivity index (χ0n) is 12.0. The van der Waals surface area contributed by atoms with Crippen molar-refractivity contribution in [3.63, 3.8) is 0 Å². The molecule has 3 heterocycles. The number of hydrogen-bond donors (Lipinski definition) is 0. The van der Waals surface area contributed by atoms with Crippen molar-refractivity contribution in [3.8, 4) is 0 Å². The van der Waals surface area contributed by atoms with Gasteiger partial charge in [0.25, 0.3) is 0 Å². The summed E-state index contributed by atoms with van der Waals surface area (Å²) < 4.78 is 42.1. The van der Waals surface area contributed by atoms with E-state index in [9.17, 15) is 18.0 Å². The molecule has 2 aromatic rings. The summed E-state index contributed by atoms with van der Waals surface area (Å²) in [7, 11) is 0. The van der Waals surface area contributed by atoms with Crippen LogP contribution in [0.15, 0.2) is 21.9 Å². The first-order valence-electron chi connectivity index (χ1n) is 7.14. The van der Waals surface area contributed by atoms with E-state index in [1.54, 1.807) is 4.90 Å². The van der Waals surface area contributed by atoms with Crippen molar-refractivity contribution >= 4 is 17.2 Å². The third-order valence-corrected chi connectivity index (χ3v) is 4.66. The summed E-state index contributed by atoms with van der Waals surface area (Å²) in [6.45, 7) is 0.969. The molecule has 0 radical (unpaired) electrons. The smallest absolute Gasteiger partial charge is 0.417 e. The van der Waals surface area contributed by atoms with Gasteiger partial charge in [-0.3, -0.25) is 4.79 Å². The second-order valence-electron chi connectivity index (χ2n) is 5.35. The number of carbonyl (C=O) groups is 1. The van der Waals surface area contributed by atoms with Crippen LogP contribution in [0.1, 0.15) is 35.4 Å². The van der Waals surface area contributed by atoms with Gasteiger partial charge in [-0.2, -0.15) is 13.2 Å². The number of thiophene rings is 1. The van der Waals surface area contributed by atoms with E-state index >= 15 is 0 Å². The minimum absolute atomic E-state index is 0.00248. The zero-order chi connectivity index (χ0) is 16.4. The molecule has 0 unspecified atom stereocenters. The molecule has 3 rings (SSSR count). The SMILES string of the molecule is O=C(Cc1cccs1)N1CCC(c2nnc(C(F)(F)F)o2)CC1. The van der Waals surface area contributed by atoms with Crippen molar-refractivity contribution in [2.24, 2.45) is 0 Å². The summed E-state index contributed by atoms with van der Waals surface area (Å²) in [5.41, 5.74) is 0. The molecular weight excluding hydrogens is 331 g/mol. The van der Waals surface area contributed by atoms with E-state index in [4.69, 9.17) is 4.42 Å². The summed E-state index contributed by atoms with van der Waals surface area (Å²) in [5, 5.41) is 8.46. The van der Waals surface area contributed by atoms with Gasteiger partial charge in [0.05, 0.1) is 6.42 Å². The van der Waals surface area contributed by atoms with Crippen LogP contribution in [-0.4, -0.2) is 34.1 Å². The Morgan fingerprint density at radius 3 is 2.65 bits per heavy atom. The van der Waals surface area contributed by atoms with Crippen LogP contribution in [0.2, 0.25) is 0 Å². The van der Waals surface area contributed by atoms with Gasteiger partial charge in [0.15, 0.2) is 0 Å². The molecule has 0 saturated carbocycles. The summed E-state index contributed by atoms with van der Waals surface area (Å²) >= 11 is 1.53. The average molecular weight is 345 g/mol. The molecule has 0 spiro atoms. The van der Waals surface area contributed by atoms with Gasteiger partial charge in [0.2, 0.25) is 11.8 Å². The maximum absolute atomic E-state index is 12.5. The summed E-state index contributed by atoms with van der Waals surface area (Å²) in [4.78, 5) is 14.9. The number of carbonyl (C=O) groups excluding carboxylic acids is 1. The van der Waals surface area contributed by atoms with Crippen LogP contribution in [0.4, 0.5) is 13.2 Å². The molecule has 124 valence electrons. The molecule has 1 aliphatic heterocycles. The molecule has 0 aliphatic carbocycles. The minimum atomic E-state index is -4.62. The number of piperidine rings is 1. The summed E-state index contributed by atoms with van der Waals surface area (Å²) in [5.74, 6) is -1.51. The van der Waals surface area contributed by atoms with Crippen LogP contribution >= 0.6 is 11.3 Å². The molecule has 0 N–H and O–H groups in total. The van der Waals surface area contributed by atoms with Crippen molar-refractivity contribution < 1.29 is 22.4 Å². The molecular formula is C14H14F3N3O2S. The Hall–Kier alpha value is -1.90. The van der Waals surface area contributed by atoms with Crippen LogP contribution in [0.3, 0.4) is 0 Å². The number of nitrogens with zero attached hydrogens (tertiary/aromatic N) is 3. The maximum atomic E-state index is 12.5. The highest BCUT2D eigenvalue weighted by Gasteiger charge is 2.39. The van der Waals surface area contributed by atoms with E-state index in [1.165, 1.54) is 11.3 Å². The van der Waals surface area contributed by atoms with Crippen LogP contribution in [0.25, 0.3) is 0 Å². The molecule has 0 aromatic carbocycles. The molecule has 9 heteroatoms. The number of hydrogen-bond acceptors (Lipinski definition) is 5. The number of amides is 1. The predicted octanol–water partition coefficient (Wildman–Crippen LogP) is 3.10. The van der Waals surface area contributed by atoms with Gasteiger partial charge in [-0.1, -0.05) is 6.07 Å². The Bertz CT molecular complexity index is 661. The Morgan fingerprint density at radius 1 is 1.35 bits per heavy atom. The Balaban J connectivity index is 1.56. The van der Waals surface area contributed by atoms with Crippen LogP contribution in [0.5, 0.6) is 0 Å². The number of aromatic nitrogens is 2. The van der Waals surface area contributed by atoms with Crippen LogP contribution < -0.4 is 0 Å². The largest absolute Gasteiger partial charge is 0.470 e.